The number of carbonyl (C=O) groups excluding carboxylic acids is 16. The van der Waals surface area contributed by atoms with Crippen molar-refractivity contribution in [2.45, 2.75) is 344 Å². The number of hydrogen-bond donors (Lipinski definition) is 27. The lowest BCUT2D eigenvalue weighted by Gasteiger charge is -2.48. The number of amides is 15. The maximum atomic E-state index is 14.4. The number of rotatable bonds is 62. The Hall–Kier alpha value is -12.1. The Labute approximate surface area is 852 Å². The van der Waals surface area contributed by atoms with Gasteiger partial charge in [0.1, 0.15) is 140 Å². The first kappa shape index (κ1) is 125. The molecule has 29 atom stereocenters. The lowest BCUT2D eigenvalue weighted by molar-refractivity contribution is -0.352. The van der Waals surface area contributed by atoms with Gasteiger partial charge in [0.25, 0.3) is 0 Å². The monoisotopic (exact) mass is 2110 g/mol. The molecule has 15 amide bonds. The van der Waals surface area contributed by atoms with Crippen LogP contribution in [0, 0.1) is 17.8 Å². The Bertz CT molecular complexity index is 4760. The average molecular weight is 2110 g/mol. The highest BCUT2D eigenvalue weighted by Gasteiger charge is 2.55. The van der Waals surface area contributed by atoms with Crippen LogP contribution >= 0.6 is 0 Å². The topological polar surface area (TPSA) is 841 Å². The maximum Gasteiger partial charge on any atom is 0.305 e. The van der Waals surface area contributed by atoms with E-state index in [4.69, 9.17) is 39.0 Å². The molecule has 0 bridgehead atoms. The summed E-state index contributed by atoms with van der Waals surface area (Å²) in [4.78, 5) is 256. The van der Waals surface area contributed by atoms with E-state index in [-0.39, 0.29) is 62.6 Å². The van der Waals surface area contributed by atoms with Gasteiger partial charge in [0.05, 0.1) is 63.6 Å². The number of oxime groups is 1. The van der Waals surface area contributed by atoms with Crippen LogP contribution in [0.1, 0.15) is 177 Å². The van der Waals surface area contributed by atoms with Gasteiger partial charge in [0.15, 0.2) is 24.7 Å². The standard InChI is InChI=1S/C93H146N18O37/c1-12-53(32-44(4)80(94)131)81(132)96-29-18-13-14-19-31-143-110-45(5)22-20-26-64(119)102-56(33-52-23-16-15-17-24-52)84(135)103-55(27-28-66(121)122)83(134)104-57(34-54-36-95-42-98-54)82(133)97-37-65(120)107-68(43(2)3)88(139)109-70(48(8)116)89(140)106-59(38-112)86(137)99-46(6)90(141)111-30-21-25-60(111)87(138)105-58(35-67(123)124)85(136)108-69(47(7)115)49(9)144-92-72(101-51(11)118)79(148-93-78(130)77(129)74(126)62(40-114)146-93)75(127)63(147-92)41-142-91-71(100-50(10)117)76(128)73(125)61(39-113)145-91/h15-17,23-24,36,42-44,46,48-49,53,55-63,68-79,91-93,112-114,116,125-130H,12-14,18-22,25-35,37-41H2,1-11H3,(H2,94,131)(H,95,98)(H,96,132)(H,97,133)(H,99,137)(H,100,117)(H,101,118)(H,102,119)(H,103,135)(H,104,134)(H,105,138)(H,106,140)(H,107,120)(H,108,136)(H,109,139)(H,121,122)(H,123,124)/b110-45+/t44?,46?,48?,49?,53?,55?,56?,57?,58?,59?,60?,61-,62-,63-,68?,69?,70?,71?,72?,73+,74-,75-,76?,77?,78?,79?,91+,92-,93-/m0/s1. The number of carboxylic acids is 2. The maximum absolute atomic E-state index is 14.4. The van der Waals surface area contributed by atoms with Gasteiger partial charge in [-0.1, -0.05) is 69.6 Å². The van der Waals surface area contributed by atoms with Crippen LogP contribution in [-0.4, -0.2) is 405 Å². The molecule has 4 fully saturated rings. The van der Waals surface area contributed by atoms with Crippen molar-refractivity contribution in [1.82, 2.24) is 84.0 Å². The number of hydrogen-bond acceptors (Lipinski definition) is 37. The highest BCUT2D eigenvalue weighted by Crippen LogP contribution is 2.33. The van der Waals surface area contributed by atoms with Crippen LogP contribution in [0.15, 0.2) is 48.0 Å². The minimum absolute atomic E-state index is 0.0831. The number of carbonyl (C=O) groups is 18. The van der Waals surface area contributed by atoms with Gasteiger partial charge in [0, 0.05) is 76.3 Å². The molecule has 1 aromatic carbocycles. The summed E-state index contributed by atoms with van der Waals surface area (Å²) in [7, 11) is 0. The Morgan fingerprint density at radius 3 is 1.76 bits per heavy atom. The third-order valence-electron chi connectivity index (χ3n) is 25.0. The molecule has 4 saturated heterocycles. The number of ether oxygens (including phenoxy) is 6. The summed E-state index contributed by atoms with van der Waals surface area (Å²) in [6.45, 7) is 10.3. The molecule has 830 valence electrons. The van der Waals surface area contributed by atoms with Gasteiger partial charge in [-0.15, -0.1) is 0 Å². The number of aliphatic hydroxyl groups is 10. The molecule has 5 heterocycles. The molecule has 1 aromatic heterocycles. The predicted octanol–water partition coefficient (Wildman–Crippen LogP) is -9.44. The summed E-state index contributed by atoms with van der Waals surface area (Å²) >= 11 is 0. The Morgan fingerprint density at radius 2 is 1.16 bits per heavy atom. The van der Waals surface area contributed by atoms with Gasteiger partial charge >= 0.3 is 11.9 Å². The van der Waals surface area contributed by atoms with Crippen LogP contribution in [0.3, 0.4) is 0 Å². The van der Waals surface area contributed by atoms with Crippen molar-refractivity contribution in [3.8, 4) is 0 Å². The Morgan fingerprint density at radius 1 is 0.568 bits per heavy atom. The van der Waals surface area contributed by atoms with E-state index >= 15 is 0 Å². The van der Waals surface area contributed by atoms with E-state index < -0.39 is 329 Å². The van der Waals surface area contributed by atoms with Crippen molar-refractivity contribution in [1.29, 1.82) is 0 Å². The van der Waals surface area contributed by atoms with Crippen LogP contribution in [-0.2, 0) is 132 Å². The number of carboxylic acid groups (broad SMARTS) is 2. The fourth-order valence-corrected chi connectivity index (χ4v) is 16.6. The van der Waals surface area contributed by atoms with Gasteiger partial charge < -0.3 is 179 Å². The second kappa shape index (κ2) is 61.8. The molecule has 6 rings (SSSR count). The second-order valence-electron chi connectivity index (χ2n) is 37.3. The molecule has 0 radical (unpaired) electrons. The molecule has 0 aliphatic carbocycles. The van der Waals surface area contributed by atoms with E-state index in [1.165, 1.54) is 26.4 Å². The second-order valence-corrected chi connectivity index (χ2v) is 37.3. The number of primary amides is 1. The van der Waals surface area contributed by atoms with Crippen LogP contribution in [0.5, 0.6) is 0 Å². The molecule has 55 heteroatoms. The smallest absolute Gasteiger partial charge is 0.305 e. The van der Waals surface area contributed by atoms with Crippen molar-refractivity contribution in [2.75, 3.05) is 52.7 Å². The highest BCUT2D eigenvalue weighted by molar-refractivity contribution is 6.00. The number of nitrogens with one attached hydrogen (secondary N) is 14. The molecule has 0 spiro atoms. The molecular formula is C93H146N18O37. The largest absolute Gasteiger partial charge is 0.481 e. The number of ketones is 1. The van der Waals surface area contributed by atoms with E-state index in [1.54, 1.807) is 44.2 Å². The number of benzene rings is 1. The van der Waals surface area contributed by atoms with E-state index in [0.717, 1.165) is 65.7 Å². The lowest BCUT2D eigenvalue weighted by Crippen LogP contribution is -2.69. The third kappa shape index (κ3) is 39.1. The number of aliphatic hydroxyl groups excluding tert-OH is 10. The number of aromatic amines is 1. The van der Waals surface area contributed by atoms with E-state index in [9.17, 15) is 148 Å². The Balaban J connectivity index is 1.05. The number of aliphatic carboxylic acids is 2. The van der Waals surface area contributed by atoms with Gasteiger partial charge in [-0.3, -0.25) is 86.3 Å². The first-order valence-electron chi connectivity index (χ1n) is 48.9. The molecule has 4 aliphatic heterocycles. The SMILES string of the molecule is CCC(CC(C)C(N)=O)C(=O)NCCCCCCO/N=C(\C)CCCC(=O)NC(Cc1ccccc1)C(=O)NC(CCC(=O)O)C(=O)NC(Cc1cnc[nH]1)C(=O)NCC(=O)NC(C(=O)NC(C(=O)NC(CO)C(=O)NC(C)C(=O)N1CCCC1C(=O)NC(CC(=O)O)C(=O)NC(C(C)=O)C(C)O[C@H]1O[C@@H](CO[C@@H]2O[C@@H](CO)[C@@H](O)C(O)C2NC(C)=O)[C@H](O)C(O[C@@H]2O[C@@H](CO)[C@H](O)C(O)C2O)C1NC(C)=O)C(C)O)C(C)C. The van der Waals surface area contributed by atoms with Crippen molar-refractivity contribution in [3.05, 3.63) is 54.1 Å². The van der Waals surface area contributed by atoms with Gasteiger partial charge in [-0.05, 0) is 110 Å². The number of imidazole rings is 1. The molecule has 55 nitrogen and oxygen atoms in total. The van der Waals surface area contributed by atoms with Crippen molar-refractivity contribution in [3.63, 3.8) is 0 Å². The molecule has 148 heavy (non-hydrogen) atoms. The van der Waals surface area contributed by atoms with Gasteiger partial charge in [-0.2, -0.15) is 0 Å². The highest BCUT2D eigenvalue weighted by atomic mass is 16.7. The minimum Gasteiger partial charge on any atom is -0.481 e. The lowest BCUT2D eigenvalue weighted by atomic mass is 9.92. The quantitative estimate of drug-likeness (QED) is 0.0166. The zero-order valence-corrected chi connectivity index (χ0v) is 84.3. The van der Waals surface area contributed by atoms with Crippen LogP contribution in [0.4, 0.5) is 0 Å². The van der Waals surface area contributed by atoms with Crippen LogP contribution < -0.4 is 74.9 Å². The molecule has 28 N–H and O–H groups in total. The fraction of sp³-hybridized carbons (Fsp3) is 0.699. The van der Waals surface area contributed by atoms with Gasteiger partial charge in [-0.25, -0.2) is 4.98 Å². The Kier molecular flexibility index (Phi) is 52.0. The van der Waals surface area contributed by atoms with Crippen LogP contribution in [0.25, 0.3) is 0 Å². The summed E-state index contributed by atoms with van der Waals surface area (Å²) in [5, 5.41) is 163. The first-order valence-corrected chi connectivity index (χ1v) is 48.9. The fourth-order valence-electron chi connectivity index (χ4n) is 16.6. The van der Waals surface area contributed by atoms with E-state index in [2.05, 4.69) is 84.2 Å². The number of Topliss-reactive ketones (excluding diaryl/α,β-unsaturated/α-hetero) is 1. The number of H-pyrrole nitrogens is 1. The number of nitrogens with zero attached hydrogens (tertiary/aromatic N) is 3. The number of unbranched alkanes of at least 4 members (excludes halogenated alkanes) is 3. The van der Waals surface area contributed by atoms with Crippen molar-refractivity contribution in [2.24, 2.45) is 28.6 Å². The van der Waals surface area contributed by atoms with Crippen LogP contribution in [0.2, 0.25) is 0 Å². The molecular weight excluding hydrogens is 1960 g/mol. The molecule has 4 aliphatic rings. The van der Waals surface area contributed by atoms with E-state index in [1.807, 2.05) is 6.92 Å². The average Bonchev–Trinajstić information content (AvgIpc) is 0.943. The normalized spacial score (nSPS) is 24.5. The summed E-state index contributed by atoms with van der Waals surface area (Å²) in [6, 6.07) is -12.0. The zero-order valence-electron chi connectivity index (χ0n) is 84.3. The predicted molar refractivity (Wildman–Crippen MR) is 511 cm³/mol. The summed E-state index contributed by atoms with van der Waals surface area (Å²) in [6.07, 6.45) is -23.8. The minimum atomic E-state index is -2.15. The summed E-state index contributed by atoms with van der Waals surface area (Å²) in [5.41, 5.74) is 6.82. The van der Waals surface area contributed by atoms with Crippen molar-refractivity contribution >= 4 is 112 Å². The number of nitrogens with two attached hydrogens (primary N) is 1. The molecule has 20 unspecified atom stereocenters. The number of aromatic nitrogens is 2. The summed E-state index contributed by atoms with van der Waals surface area (Å²) < 4.78 is 35.5. The first-order chi connectivity index (χ1) is 69.9. The summed E-state index contributed by atoms with van der Waals surface area (Å²) in [5.74, 6) is -19.5. The van der Waals surface area contributed by atoms with Crippen molar-refractivity contribution < 1.29 is 181 Å². The zero-order chi connectivity index (χ0) is 110. The van der Waals surface area contributed by atoms with E-state index in [0.29, 0.717) is 50.1 Å². The van der Waals surface area contributed by atoms with Gasteiger partial charge in [0.2, 0.25) is 88.6 Å². The molecule has 0 saturated carbocycles. The number of likely N-dealkylation sites (tertiary alicyclic amines) is 1. The molecule has 2 aromatic rings. The third-order valence-corrected chi connectivity index (χ3v) is 25.0.